The van der Waals surface area contributed by atoms with Gasteiger partial charge in [-0.2, -0.15) is 0 Å². The van der Waals surface area contributed by atoms with Crippen molar-refractivity contribution in [2.45, 2.75) is 44.9 Å². The van der Waals surface area contributed by atoms with Gasteiger partial charge in [0.1, 0.15) is 0 Å². The second-order valence-electron chi connectivity index (χ2n) is 6.50. The third-order valence-corrected chi connectivity index (χ3v) is 5.36. The molecule has 3 atom stereocenters. The molecule has 3 rings (SSSR count). The van der Waals surface area contributed by atoms with Gasteiger partial charge >= 0.3 is 0 Å². The molecule has 1 aromatic carbocycles. The van der Waals surface area contributed by atoms with E-state index in [1.165, 1.54) is 32.8 Å². The van der Waals surface area contributed by atoms with Gasteiger partial charge in [0.05, 0.1) is 12.7 Å². The SMILES string of the molecule is COc1cccc(C(=O)C2CCC3CCCCC3C2)c1F. The van der Waals surface area contributed by atoms with E-state index in [0.717, 1.165) is 25.2 Å². The first-order chi connectivity index (χ1) is 10.2. The highest BCUT2D eigenvalue weighted by molar-refractivity contribution is 5.98. The van der Waals surface area contributed by atoms with Crippen LogP contribution in [0.2, 0.25) is 0 Å². The Bertz CT molecular complexity index is 526. The van der Waals surface area contributed by atoms with Gasteiger partial charge in [-0.25, -0.2) is 4.39 Å². The number of hydrogen-bond acceptors (Lipinski definition) is 2. The molecule has 0 bridgehead atoms. The average molecular weight is 290 g/mol. The highest BCUT2D eigenvalue weighted by Crippen LogP contribution is 2.43. The molecule has 2 nitrogen and oxygen atoms in total. The van der Waals surface area contributed by atoms with E-state index in [0.29, 0.717) is 5.92 Å². The second kappa shape index (κ2) is 6.17. The van der Waals surface area contributed by atoms with Crippen LogP contribution in [0.4, 0.5) is 4.39 Å². The maximum absolute atomic E-state index is 14.3. The number of ketones is 1. The van der Waals surface area contributed by atoms with Gasteiger partial charge in [0.2, 0.25) is 0 Å². The minimum absolute atomic E-state index is 0.00837. The highest BCUT2D eigenvalue weighted by atomic mass is 19.1. The molecule has 0 heterocycles. The second-order valence-corrected chi connectivity index (χ2v) is 6.50. The highest BCUT2D eigenvalue weighted by Gasteiger charge is 2.36. The molecule has 0 aromatic heterocycles. The summed E-state index contributed by atoms with van der Waals surface area (Å²) < 4.78 is 19.2. The van der Waals surface area contributed by atoms with Crippen LogP contribution in [0.25, 0.3) is 0 Å². The number of halogens is 1. The molecular weight excluding hydrogens is 267 g/mol. The molecule has 3 heteroatoms. The molecule has 3 unspecified atom stereocenters. The fourth-order valence-corrected chi connectivity index (χ4v) is 4.19. The molecule has 0 spiro atoms. The fraction of sp³-hybridized carbons (Fsp3) is 0.611. The molecule has 114 valence electrons. The van der Waals surface area contributed by atoms with E-state index >= 15 is 0 Å². The Labute approximate surface area is 125 Å². The third kappa shape index (κ3) is 2.83. The number of rotatable bonds is 3. The third-order valence-electron chi connectivity index (χ3n) is 5.36. The minimum atomic E-state index is -0.504. The quantitative estimate of drug-likeness (QED) is 0.759. The number of Topliss-reactive ketones (excluding diaryl/α,β-unsaturated/α-hetero) is 1. The van der Waals surface area contributed by atoms with Crippen LogP contribution in [0.5, 0.6) is 5.75 Å². The van der Waals surface area contributed by atoms with Crippen molar-refractivity contribution in [2.24, 2.45) is 17.8 Å². The molecule has 1 aromatic rings. The number of ether oxygens (including phenoxy) is 1. The number of hydrogen-bond donors (Lipinski definition) is 0. The topological polar surface area (TPSA) is 26.3 Å². The van der Waals surface area contributed by atoms with Crippen LogP contribution in [0.1, 0.15) is 55.3 Å². The summed E-state index contributed by atoms with van der Waals surface area (Å²) in [7, 11) is 1.43. The van der Waals surface area contributed by atoms with Crippen LogP contribution in [0, 0.1) is 23.6 Å². The lowest BCUT2D eigenvalue weighted by Crippen LogP contribution is -2.31. The summed E-state index contributed by atoms with van der Waals surface area (Å²) in [5.41, 5.74) is 0.202. The first kappa shape index (κ1) is 14.6. The number of carbonyl (C=O) groups is 1. The average Bonchev–Trinajstić information content (AvgIpc) is 2.54. The zero-order chi connectivity index (χ0) is 14.8. The zero-order valence-electron chi connectivity index (χ0n) is 12.6. The standard InChI is InChI=1S/C18H23FO2/c1-21-16-8-4-7-15(17(16)19)18(20)14-10-9-12-5-2-3-6-13(12)11-14/h4,7-8,12-14H,2-3,5-6,9-11H2,1H3. The van der Waals surface area contributed by atoms with Crippen molar-refractivity contribution in [1.82, 2.24) is 0 Å². The van der Waals surface area contributed by atoms with Gasteiger partial charge in [-0.15, -0.1) is 0 Å². The molecule has 2 aliphatic carbocycles. The lowest BCUT2D eigenvalue weighted by Gasteiger charge is -2.38. The van der Waals surface area contributed by atoms with Gasteiger partial charge in [0.25, 0.3) is 0 Å². The predicted octanol–water partition coefficient (Wildman–Crippen LogP) is 4.62. The summed E-state index contributed by atoms with van der Waals surface area (Å²) in [4.78, 5) is 12.7. The van der Waals surface area contributed by atoms with Crippen LogP contribution in [0.3, 0.4) is 0 Å². The Morgan fingerprint density at radius 1 is 1.14 bits per heavy atom. The molecule has 21 heavy (non-hydrogen) atoms. The monoisotopic (exact) mass is 290 g/mol. The largest absolute Gasteiger partial charge is 0.494 e. The Kier molecular flexibility index (Phi) is 4.27. The molecular formula is C18H23FO2. The van der Waals surface area contributed by atoms with Crippen molar-refractivity contribution in [3.63, 3.8) is 0 Å². The van der Waals surface area contributed by atoms with E-state index in [1.807, 2.05) is 0 Å². The van der Waals surface area contributed by atoms with Gasteiger partial charge in [-0.3, -0.25) is 4.79 Å². The predicted molar refractivity (Wildman–Crippen MR) is 80.1 cm³/mol. The van der Waals surface area contributed by atoms with Gasteiger partial charge in [0.15, 0.2) is 17.3 Å². The van der Waals surface area contributed by atoms with E-state index < -0.39 is 5.82 Å². The maximum Gasteiger partial charge on any atom is 0.175 e. The van der Waals surface area contributed by atoms with Crippen LogP contribution in [-0.4, -0.2) is 12.9 Å². The minimum Gasteiger partial charge on any atom is -0.494 e. The first-order valence-electron chi connectivity index (χ1n) is 8.07. The van der Waals surface area contributed by atoms with Crippen molar-refractivity contribution in [3.8, 4) is 5.75 Å². The van der Waals surface area contributed by atoms with Crippen molar-refractivity contribution < 1.29 is 13.9 Å². The number of benzene rings is 1. The lowest BCUT2D eigenvalue weighted by molar-refractivity contribution is 0.0758. The smallest absolute Gasteiger partial charge is 0.175 e. The van der Waals surface area contributed by atoms with E-state index in [-0.39, 0.29) is 23.0 Å². The molecule has 0 amide bonds. The lowest BCUT2D eigenvalue weighted by atomic mass is 9.66. The molecule has 0 N–H and O–H groups in total. The van der Waals surface area contributed by atoms with Crippen molar-refractivity contribution in [1.29, 1.82) is 0 Å². The molecule has 2 fully saturated rings. The molecule has 0 radical (unpaired) electrons. The van der Waals surface area contributed by atoms with Crippen LogP contribution < -0.4 is 4.74 Å². The summed E-state index contributed by atoms with van der Waals surface area (Å²) in [5.74, 6) is 1.09. The Hall–Kier alpha value is -1.38. The van der Waals surface area contributed by atoms with Crippen molar-refractivity contribution in [3.05, 3.63) is 29.6 Å². The molecule has 0 aliphatic heterocycles. The normalized spacial score (nSPS) is 28.8. The van der Waals surface area contributed by atoms with E-state index in [2.05, 4.69) is 0 Å². The molecule has 0 saturated heterocycles. The van der Waals surface area contributed by atoms with Gasteiger partial charge in [-0.1, -0.05) is 31.7 Å². The van der Waals surface area contributed by atoms with Gasteiger partial charge in [0, 0.05) is 5.92 Å². The zero-order valence-corrected chi connectivity index (χ0v) is 12.6. The van der Waals surface area contributed by atoms with Crippen molar-refractivity contribution >= 4 is 5.78 Å². The Morgan fingerprint density at radius 3 is 2.67 bits per heavy atom. The van der Waals surface area contributed by atoms with E-state index in [4.69, 9.17) is 4.74 Å². The molecule has 2 aliphatic rings. The summed E-state index contributed by atoms with van der Waals surface area (Å²) in [6, 6.07) is 4.85. The summed E-state index contributed by atoms with van der Waals surface area (Å²) in [6.07, 6.45) is 8.18. The van der Waals surface area contributed by atoms with Crippen LogP contribution in [-0.2, 0) is 0 Å². The number of methoxy groups -OCH3 is 1. The fourth-order valence-electron chi connectivity index (χ4n) is 4.19. The Balaban J connectivity index is 1.76. The van der Waals surface area contributed by atoms with E-state index in [9.17, 15) is 9.18 Å². The van der Waals surface area contributed by atoms with Crippen LogP contribution in [0.15, 0.2) is 18.2 Å². The van der Waals surface area contributed by atoms with Gasteiger partial charge < -0.3 is 4.74 Å². The van der Waals surface area contributed by atoms with Crippen molar-refractivity contribution in [2.75, 3.05) is 7.11 Å². The van der Waals surface area contributed by atoms with Crippen LogP contribution >= 0.6 is 0 Å². The number of carbonyl (C=O) groups excluding carboxylic acids is 1. The maximum atomic E-state index is 14.3. The van der Waals surface area contributed by atoms with Gasteiger partial charge in [-0.05, 0) is 43.2 Å². The Morgan fingerprint density at radius 2 is 1.90 bits per heavy atom. The first-order valence-corrected chi connectivity index (χ1v) is 8.07. The van der Waals surface area contributed by atoms with E-state index in [1.54, 1.807) is 18.2 Å². The summed E-state index contributed by atoms with van der Waals surface area (Å²) in [5, 5.41) is 0. The molecule has 2 saturated carbocycles. The number of fused-ring (bicyclic) bond motifs is 1. The summed E-state index contributed by atoms with van der Waals surface area (Å²) in [6.45, 7) is 0. The summed E-state index contributed by atoms with van der Waals surface area (Å²) >= 11 is 0.